The second kappa shape index (κ2) is 3.57. The maximum atomic E-state index is 5.84. The normalized spacial score (nSPS) is 27.4. The van der Waals surface area contributed by atoms with Crippen LogP contribution in [0.15, 0.2) is 4.52 Å². The minimum Gasteiger partial charge on any atom is -0.339 e. The van der Waals surface area contributed by atoms with Gasteiger partial charge in [-0.3, -0.25) is 4.90 Å². The van der Waals surface area contributed by atoms with Gasteiger partial charge in [-0.2, -0.15) is 4.98 Å². The number of likely N-dealkylation sites (tertiary alicyclic amines) is 1. The molecule has 1 aliphatic heterocycles. The lowest BCUT2D eigenvalue weighted by molar-refractivity contribution is 0.306. The largest absolute Gasteiger partial charge is 0.339 e. The molecule has 0 bridgehead atoms. The van der Waals surface area contributed by atoms with Crippen LogP contribution in [0.5, 0.6) is 0 Å². The van der Waals surface area contributed by atoms with E-state index in [1.54, 1.807) is 0 Å². The van der Waals surface area contributed by atoms with Crippen molar-refractivity contribution in [3.05, 3.63) is 11.7 Å². The zero-order chi connectivity index (χ0) is 10.3. The summed E-state index contributed by atoms with van der Waals surface area (Å²) < 4.78 is 5.21. The van der Waals surface area contributed by atoms with Gasteiger partial charge in [-0.05, 0) is 19.3 Å². The van der Waals surface area contributed by atoms with Crippen LogP contribution >= 0.6 is 0 Å². The van der Waals surface area contributed by atoms with Gasteiger partial charge >= 0.3 is 0 Å². The van der Waals surface area contributed by atoms with Gasteiger partial charge in [0, 0.05) is 25.0 Å². The second-order valence-corrected chi connectivity index (χ2v) is 4.61. The molecule has 1 aliphatic carbocycles. The van der Waals surface area contributed by atoms with Gasteiger partial charge in [-0.1, -0.05) is 5.16 Å². The lowest BCUT2D eigenvalue weighted by Gasteiger charge is -2.11. The topological polar surface area (TPSA) is 68.2 Å². The lowest BCUT2D eigenvalue weighted by atomic mass is 10.3. The standard InChI is InChI=1S/C10H16N4O/c11-8-3-4-14(5-8)6-9-12-10(15-13-9)7-1-2-7/h7-8H,1-6,11H2/t8-/m1/s1. The van der Waals surface area contributed by atoms with Gasteiger partial charge in [0.05, 0.1) is 6.54 Å². The lowest BCUT2D eigenvalue weighted by Crippen LogP contribution is -2.26. The molecule has 1 saturated carbocycles. The molecular weight excluding hydrogens is 192 g/mol. The minimum absolute atomic E-state index is 0.319. The number of nitrogens with two attached hydrogens (primary N) is 1. The van der Waals surface area contributed by atoms with Crippen molar-refractivity contribution < 1.29 is 4.52 Å². The Kier molecular flexibility index (Phi) is 2.21. The van der Waals surface area contributed by atoms with Crippen molar-refractivity contribution in [1.82, 2.24) is 15.0 Å². The van der Waals surface area contributed by atoms with E-state index in [2.05, 4.69) is 15.0 Å². The predicted octanol–water partition coefficient (Wildman–Crippen LogP) is 0.480. The molecule has 0 radical (unpaired) electrons. The fourth-order valence-corrected chi connectivity index (χ4v) is 2.03. The molecule has 2 N–H and O–H groups in total. The molecular formula is C10H16N4O. The Labute approximate surface area is 88.6 Å². The third-order valence-corrected chi connectivity index (χ3v) is 3.08. The summed E-state index contributed by atoms with van der Waals surface area (Å²) in [6, 6.07) is 0.319. The van der Waals surface area contributed by atoms with E-state index >= 15 is 0 Å². The maximum absolute atomic E-state index is 5.84. The summed E-state index contributed by atoms with van der Waals surface area (Å²) in [5.41, 5.74) is 5.84. The van der Waals surface area contributed by atoms with Crippen LogP contribution in [0.1, 0.15) is 36.9 Å². The summed E-state index contributed by atoms with van der Waals surface area (Å²) in [7, 11) is 0. The van der Waals surface area contributed by atoms with E-state index in [1.165, 1.54) is 12.8 Å². The number of hydrogen-bond acceptors (Lipinski definition) is 5. The maximum Gasteiger partial charge on any atom is 0.229 e. The third kappa shape index (κ3) is 2.03. The van der Waals surface area contributed by atoms with Gasteiger partial charge in [0.1, 0.15) is 0 Å². The second-order valence-electron chi connectivity index (χ2n) is 4.61. The van der Waals surface area contributed by atoms with Crippen LogP contribution in [0.4, 0.5) is 0 Å². The van der Waals surface area contributed by atoms with Crippen molar-refractivity contribution in [2.75, 3.05) is 13.1 Å². The molecule has 82 valence electrons. The molecule has 0 aromatic carbocycles. The van der Waals surface area contributed by atoms with Crippen molar-refractivity contribution in [3.63, 3.8) is 0 Å². The average molecular weight is 208 g/mol. The van der Waals surface area contributed by atoms with Gasteiger partial charge < -0.3 is 10.3 Å². The molecule has 3 rings (SSSR count). The zero-order valence-electron chi connectivity index (χ0n) is 8.72. The summed E-state index contributed by atoms with van der Waals surface area (Å²) in [5.74, 6) is 2.19. The van der Waals surface area contributed by atoms with Crippen LogP contribution in [0.25, 0.3) is 0 Å². The summed E-state index contributed by atoms with van der Waals surface area (Å²) in [4.78, 5) is 6.68. The quantitative estimate of drug-likeness (QED) is 0.782. The Hall–Kier alpha value is -0.940. The summed E-state index contributed by atoms with van der Waals surface area (Å²) >= 11 is 0. The zero-order valence-corrected chi connectivity index (χ0v) is 8.72. The fraction of sp³-hybridized carbons (Fsp3) is 0.800. The van der Waals surface area contributed by atoms with E-state index in [0.717, 1.165) is 37.8 Å². The van der Waals surface area contributed by atoms with Crippen molar-refractivity contribution in [2.24, 2.45) is 5.73 Å². The van der Waals surface area contributed by atoms with E-state index in [9.17, 15) is 0 Å². The van der Waals surface area contributed by atoms with Crippen LogP contribution in [-0.2, 0) is 6.54 Å². The molecule has 2 heterocycles. The number of nitrogens with zero attached hydrogens (tertiary/aromatic N) is 3. The number of hydrogen-bond donors (Lipinski definition) is 1. The van der Waals surface area contributed by atoms with Gasteiger partial charge in [0.2, 0.25) is 5.89 Å². The highest BCUT2D eigenvalue weighted by molar-refractivity contribution is 5.01. The highest BCUT2D eigenvalue weighted by atomic mass is 16.5. The molecule has 1 atom stereocenters. The molecule has 1 aromatic heterocycles. The number of rotatable bonds is 3. The molecule has 0 unspecified atom stereocenters. The molecule has 1 saturated heterocycles. The van der Waals surface area contributed by atoms with Crippen LogP contribution in [0.3, 0.4) is 0 Å². The van der Waals surface area contributed by atoms with E-state index < -0.39 is 0 Å². The number of aromatic nitrogens is 2. The van der Waals surface area contributed by atoms with Crippen molar-refractivity contribution in [3.8, 4) is 0 Å². The Morgan fingerprint density at radius 2 is 2.27 bits per heavy atom. The monoisotopic (exact) mass is 208 g/mol. The Balaban J connectivity index is 1.61. The van der Waals surface area contributed by atoms with Crippen LogP contribution in [-0.4, -0.2) is 34.2 Å². The summed E-state index contributed by atoms with van der Waals surface area (Å²) in [6.45, 7) is 2.78. The first-order chi connectivity index (χ1) is 7.31. The van der Waals surface area contributed by atoms with E-state index in [4.69, 9.17) is 10.3 Å². The smallest absolute Gasteiger partial charge is 0.229 e. The third-order valence-electron chi connectivity index (χ3n) is 3.08. The Morgan fingerprint density at radius 3 is 2.93 bits per heavy atom. The molecule has 1 aromatic rings. The molecule has 0 amide bonds. The Morgan fingerprint density at radius 1 is 1.40 bits per heavy atom. The summed E-state index contributed by atoms with van der Waals surface area (Å²) in [6.07, 6.45) is 3.49. The van der Waals surface area contributed by atoms with E-state index in [1.807, 2.05) is 0 Å². The Bertz CT molecular complexity index is 347. The molecule has 15 heavy (non-hydrogen) atoms. The first kappa shape index (κ1) is 9.30. The van der Waals surface area contributed by atoms with Crippen molar-refractivity contribution in [1.29, 1.82) is 0 Å². The molecule has 2 fully saturated rings. The van der Waals surface area contributed by atoms with Crippen LogP contribution < -0.4 is 5.73 Å². The minimum atomic E-state index is 0.319. The highest BCUT2D eigenvalue weighted by Crippen LogP contribution is 2.38. The molecule has 0 spiro atoms. The molecule has 2 aliphatic rings. The first-order valence-corrected chi connectivity index (χ1v) is 5.61. The van der Waals surface area contributed by atoms with Gasteiger partial charge in [0.15, 0.2) is 5.82 Å². The van der Waals surface area contributed by atoms with E-state index in [-0.39, 0.29) is 0 Å². The van der Waals surface area contributed by atoms with Gasteiger partial charge in [-0.25, -0.2) is 0 Å². The average Bonchev–Trinajstić information content (AvgIpc) is 2.84. The fourth-order valence-electron chi connectivity index (χ4n) is 2.03. The van der Waals surface area contributed by atoms with Gasteiger partial charge in [-0.15, -0.1) is 0 Å². The highest BCUT2D eigenvalue weighted by Gasteiger charge is 2.30. The summed E-state index contributed by atoms with van der Waals surface area (Å²) in [5, 5.41) is 4.00. The van der Waals surface area contributed by atoms with Crippen LogP contribution in [0.2, 0.25) is 0 Å². The van der Waals surface area contributed by atoms with Gasteiger partial charge in [0.25, 0.3) is 0 Å². The predicted molar refractivity (Wildman–Crippen MR) is 54.1 cm³/mol. The first-order valence-electron chi connectivity index (χ1n) is 5.61. The van der Waals surface area contributed by atoms with Crippen LogP contribution in [0, 0.1) is 0 Å². The SMILES string of the molecule is N[C@@H]1CCN(Cc2noc(C3CC3)n2)C1. The van der Waals surface area contributed by atoms with Crippen molar-refractivity contribution >= 4 is 0 Å². The van der Waals surface area contributed by atoms with E-state index in [0.29, 0.717) is 12.0 Å². The molecule has 5 heteroatoms. The molecule has 5 nitrogen and oxygen atoms in total. The van der Waals surface area contributed by atoms with Crippen molar-refractivity contribution in [2.45, 2.75) is 37.8 Å².